The summed E-state index contributed by atoms with van der Waals surface area (Å²) in [5, 5.41) is 13.7. The molecule has 0 spiro atoms. The van der Waals surface area contributed by atoms with Gasteiger partial charge >= 0.3 is 0 Å². The molecule has 6 nitrogen and oxygen atoms in total. The summed E-state index contributed by atoms with van der Waals surface area (Å²) in [4.78, 5) is 0. The van der Waals surface area contributed by atoms with Gasteiger partial charge in [0.15, 0.2) is 11.5 Å². The summed E-state index contributed by atoms with van der Waals surface area (Å²) >= 11 is 0. The molecule has 0 aliphatic carbocycles. The van der Waals surface area contributed by atoms with E-state index in [1.165, 1.54) is 5.56 Å². The van der Waals surface area contributed by atoms with Crippen LogP contribution in [0, 0.1) is 0 Å². The number of hydrogen-bond acceptors (Lipinski definition) is 6. The number of aliphatic hydroxyl groups is 1. The van der Waals surface area contributed by atoms with E-state index in [1.807, 2.05) is 12.1 Å². The molecule has 0 heterocycles. The maximum atomic E-state index is 10.3. The Labute approximate surface area is 167 Å². The van der Waals surface area contributed by atoms with Gasteiger partial charge in [0.2, 0.25) is 0 Å². The van der Waals surface area contributed by atoms with Gasteiger partial charge in [-0.1, -0.05) is 12.1 Å². The Balaban J connectivity index is 1.81. The predicted molar refractivity (Wildman–Crippen MR) is 110 cm³/mol. The molecule has 0 aromatic heterocycles. The zero-order valence-electron chi connectivity index (χ0n) is 17.3. The van der Waals surface area contributed by atoms with Crippen LogP contribution in [0.25, 0.3) is 0 Å². The molecule has 154 valence electrons. The first-order chi connectivity index (χ1) is 13.4. The fraction of sp³-hybridized carbons (Fsp3) is 0.455. The summed E-state index contributed by atoms with van der Waals surface area (Å²) in [5.41, 5.74) is 1.04. The number of ether oxygens (including phenoxy) is 4. The fourth-order valence-corrected chi connectivity index (χ4v) is 2.87. The highest BCUT2D eigenvalue weighted by Gasteiger charge is 2.19. The lowest BCUT2D eigenvalue weighted by Gasteiger charge is -2.28. The third kappa shape index (κ3) is 6.62. The van der Waals surface area contributed by atoms with E-state index >= 15 is 0 Å². The van der Waals surface area contributed by atoms with Gasteiger partial charge < -0.3 is 29.4 Å². The van der Waals surface area contributed by atoms with Crippen LogP contribution in [0.15, 0.2) is 42.5 Å². The van der Waals surface area contributed by atoms with Gasteiger partial charge in [0, 0.05) is 18.2 Å². The van der Waals surface area contributed by atoms with Crippen LogP contribution in [-0.2, 0) is 6.42 Å². The molecule has 0 amide bonds. The summed E-state index contributed by atoms with van der Waals surface area (Å²) in [6.45, 7) is 4.83. The summed E-state index contributed by atoms with van der Waals surface area (Å²) in [6, 6.07) is 13.3. The minimum absolute atomic E-state index is 0.168. The van der Waals surface area contributed by atoms with E-state index in [0.717, 1.165) is 12.2 Å². The van der Waals surface area contributed by atoms with Crippen molar-refractivity contribution in [1.82, 2.24) is 5.32 Å². The Hall–Kier alpha value is -2.44. The van der Waals surface area contributed by atoms with Crippen molar-refractivity contribution in [1.29, 1.82) is 0 Å². The van der Waals surface area contributed by atoms with Crippen LogP contribution in [0.2, 0.25) is 0 Å². The molecule has 2 N–H and O–H groups in total. The van der Waals surface area contributed by atoms with Crippen LogP contribution in [-0.4, -0.2) is 51.2 Å². The van der Waals surface area contributed by atoms with Crippen molar-refractivity contribution < 1.29 is 24.1 Å². The minimum atomic E-state index is -0.636. The van der Waals surface area contributed by atoms with Crippen molar-refractivity contribution in [3.05, 3.63) is 48.0 Å². The lowest BCUT2D eigenvalue weighted by molar-refractivity contribution is 0.0986. The smallest absolute Gasteiger partial charge is 0.164 e. The second-order valence-electron chi connectivity index (χ2n) is 7.27. The van der Waals surface area contributed by atoms with E-state index in [4.69, 9.17) is 18.9 Å². The average molecular weight is 389 g/mol. The van der Waals surface area contributed by atoms with Crippen LogP contribution in [0.1, 0.15) is 19.4 Å². The standard InChI is InChI=1S/C22H31NO5/c1-22(2,13-16-6-8-18(25-3)9-7-16)23-14-17(24)15-28-19-10-11-20(26-4)21(12-19)27-5/h6-12,17,23-24H,13-15H2,1-5H3. The summed E-state index contributed by atoms with van der Waals surface area (Å²) in [7, 11) is 4.82. The monoisotopic (exact) mass is 389 g/mol. The van der Waals surface area contributed by atoms with E-state index in [1.54, 1.807) is 39.5 Å². The molecule has 0 aliphatic heterocycles. The van der Waals surface area contributed by atoms with E-state index < -0.39 is 6.10 Å². The number of hydrogen-bond donors (Lipinski definition) is 2. The lowest BCUT2D eigenvalue weighted by Crippen LogP contribution is -2.46. The maximum absolute atomic E-state index is 10.3. The first-order valence-corrected chi connectivity index (χ1v) is 9.27. The number of nitrogens with one attached hydrogen (secondary N) is 1. The molecule has 6 heteroatoms. The zero-order valence-corrected chi connectivity index (χ0v) is 17.3. The van der Waals surface area contributed by atoms with Gasteiger partial charge in [-0.3, -0.25) is 0 Å². The van der Waals surface area contributed by atoms with E-state index in [0.29, 0.717) is 23.8 Å². The van der Waals surface area contributed by atoms with Gasteiger partial charge in [-0.05, 0) is 50.1 Å². The first-order valence-electron chi connectivity index (χ1n) is 9.27. The van der Waals surface area contributed by atoms with Crippen molar-refractivity contribution in [2.75, 3.05) is 34.5 Å². The molecule has 2 aromatic rings. The molecule has 0 aliphatic rings. The molecular weight excluding hydrogens is 358 g/mol. The second kappa shape index (κ2) is 10.2. The Morgan fingerprint density at radius 3 is 2.14 bits per heavy atom. The Morgan fingerprint density at radius 2 is 1.54 bits per heavy atom. The third-order valence-corrected chi connectivity index (χ3v) is 4.42. The molecule has 2 rings (SSSR count). The SMILES string of the molecule is COc1ccc(CC(C)(C)NCC(O)COc2ccc(OC)c(OC)c2)cc1. The van der Waals surface area contributed by atoms with Crippen LogP contribution >= 0.6 is 0 Å². The van der Waals surface area contributed by atoms with Crippen LogP contribution in [0.5, 0.6) is 23.0 Å². The Bertz CT molecular complexity index is 730. The number of benzene rings is 2. The van der Waals surface area contributed by atoms with Crippen molar-refractivity contribution in [2.24, 2.45) is 0 Å². The third-order valence-electron chi connectivity index (χ3n) is 4.42. The van der Waals surface area contributed by atoms with Gasteiger partial charge in [0.05, 0.1) is 21.3 Å². The summed E-state index contributed by atoms with van der Waals surface area (Å²) < 4.78 is 21.3. The predicted octanol–water partition coefficient (Wildman–Crippen LogP) is 3.06. The molecule has 0 saturated heterocycles. The number of aliphatic hydroxyl groups excluding tert-OH is 1. The average Bonchev–Trinajstić information content (AvgIpc) is 2.70. The minimum Gasteiger partial charge on any atom is -0.497 e. The Kier molecular flexibility index (Phi) is 7.96. The number of methoxy groups -OCH3 is 3. The quantitative estimate of drug-likeness (QED) is 0.616. The largest absolute Gasteiger partial charge is 0.497 e. The second-order valence-corrected chi connectivity index (χ2v) is 7.27. The van der Waals surface area contributed by atoms with Gasteiger partial charge in [0.25, 0.3) is 0 Å². The van der Waals surface area contributed by atoms with E-state index in [9.17, 15) is 5.11 Å². The summed E-state index contributed by atoms with van der Waals surface area (Å²) in [5.74, 6) is 2.69. The highest BCUT2D eigenvalue weighted by molar-refractivity contribution is 5.45. The number of rotatable bonds is 11. The molecule has 0 saturated carbocycles. The molecule has 0 bridgehead atoms. The molecule has 2 aromatic carbocycles. The van der Waals surface area contributed by atoms with Crippen molar-refractivity contribution in [3.8, 4) is 23.0 Å². The molecule has 0 radical (unpaired) electrons. The normalized spacial score (nSPS) is 12.4. The van der Waals surface area contributed by atoms with Crippen LogP contribution in [0.4, 0.5) is 0 Å². The number of β-amino-alcohol motifs (C(OH)–C–C–N with tert-alkyl or cyclic N) is 1. The molecule has 0 fully saturated rings. The zero-order chi connectivity index (χ0) is 20.6. The molecule has 1 unspecified atom stereocenters. The molecular formula is C22H31NO5. The summed E-state index contributed by atoms with van der Waals surface area (Å²) in [6.07, 6.45) is 0.198. The topological polar surface area (TPSA) is 69.2 Å². The Morgan fingerprint density at radius 1 is 0.893 bits per heavy atom. The maximum Gasteiger partial charge on any atom is 0.164 e. The molecule has 1 atom stereocenters. The highest BCUT2D eigenvalue weighted by Crippen LogP contribution is 2.30. The van der Waals surface area contributed by atoms with E-state index in [-0.39, 0.29) is 12.1 Å². The fourth-order valence-electron chi connectivity index (χ4n) is 2.87. The van der Waals surface area contributed by atoms with Crippen LogP contribution in [0.3, 0.4) is 0 Å². The van der Waals surface area contributed by atoms with Gasteiger partial charge in [-0.2, -0.15) is 0 Å². The van der Waals surface area contributed by atoms with Gasteiger partial charge in [-0.25, -0.2) is 0 Å². The lowest BCUT2D eigenvalue weighted by atomic mass is 9.94. The molecule has 28 heavy (non-hydrogen) atoms. The van der Waals surface area contributed by atoms with Gasteiger partial charge in [0.1, 0.15) is 24.2 Å². The van der Waals surface area contributed by atoms with Crippen molar-refractivity contribution in [3.63, 3.8) is 0 Å². The van der Waals surface area contributed by atoms with Crippen molar-refractivity contribution >= 4 is 0 Å². The first kappa shape index (κ1) is 21.9. The van der Waals surface area contributed by atoms with Gasteiger partial charge in [-0.15, -0.1) is 0 Å². The van der Waals surface area contributed by atoms with Crippen molar-refractivity contribution in [2.45, 2.75) is 31.9 Å². The highest BCUT2D eigenvalue weighted by atomic mass is 16.5. The van der Waals surface area contributed by atoms with E-state index in [2.05, 4.69) is 31.3 Å². The van der Waals surface area contributed by atoms with Crippen LogP contribution < -0.4 is 24.3 Å².